The van der Waals surface area contributed by atoms with Gasteiger partial charge in [0, 0.05) is 5.92 Å². The number of aliphatic hydroxyl groups excluding tert-OH is 1. The minimum Gasteiger partial charge on any atom is -0.459 e. The van der Waals surface area contributed by atoms with Crippen molar-refractivity contribution in [3.63, 3.8) is 0 Å². The van der Waals surface area contributed by atoms with E-state index < -0.39 is 54.3 Å². The molecule has 0 bridgehead atoms. The molecule has 8 nitrogen and oxygen atoms in total. The molecule has 1 fully saturated rings. The van der Waals surface area contributed by atoms with Gasteiger partial charge >= 0.3 is 5.97 Å². The van der Waals surface area contributed by atoms with Gasteiger partial charge in [0.25, 0.3) is 11.8 Å². The third-order valence-corrected chi connectivity index (χ3v) is 8.45. The summed E-state index contributed by atoms with van der Waals surface area (Å²) in [6.07, 6.45) is -2.22. The smallest absolute Gasteiger partial charge is 0.326 e. The topological polar surface area (TPSA) is 96.4 Å². The quantitative estimate of drug-likeness (QED) is 0.193. The summed E-state index contributed by atoms with van der Waals surface area (Å²) in [7, 11) is 0. The van der Waals surface area contributed by atoms with Gasteiger partial charge in [-0.15, -0.1) is 0 Å². The lowest BCUT2D eigenvalue weighted by Gasteiger charge is -2.41. The van der Waals surface area contributed by atoms with Crippen LogP contribution in [0.4, 0.5) is 0 Å². The van der Waals surface area contributed by atoms with Crippen LogP contribution in [0.25, 0.3) is 0 Å². The van der Waals surface area contributed by atoms with Gasteiger partial charge in [0.15, 0.2) is 0 Å². The molecule has 8 heteroatoms. The van der Waals surface area contributed by atoms with Gasteiger partial charge in [-0.3, -0.25) is 24.2 Å². The second-order valence-corrected chi connectivity index (χ2v) is 12.7. The third kappa shape index (κ3) is 6.24. The van der Waals surface area contributed by atoms with Crippen LogP contribution in [0.15, 0.2) is 115 Å². The van der Waals surface area contributed by atoms with Crippen molar-refractivity contribution in [1.82, 2.24) is 9.80 Å². The summed E-state index contributed by atoms with van der Waals surface area (Å²) in [5, 5.41) is 12.1. The van der Waals surface area contributed by atoms with Gasteiger partial charge in [-0.2, -0.15) is 0 Å². The Bertz CT molecular complexity index is 1610. The van der Waals surface area contributed by atoms with Crippen molar-refractivity contribution in [1.29, 1.82) is 0 Å². The van der Waals surface area contributed by atoms with Crippen LogP contribution in [-0.4, -0.2) is 69.8 Å². The number of rotatable bonds is 9. The van der Waals surface area contributed by atoms with E-state index in [9.17, 15) is 19.5 Å². The Morgan fingerprint density at radius 2 is 1.28 bits per heavy atom. The zero-order chi connectivity index (χ0) is 32.4. The molecule has 46 heavy (non-hydrogen) atoms. The SMILES string of the molecule is CC(C)(C)OC(=O)[C@@H]([C@H](O)CN1C(=O)c2ccccc2C1=O)N1[C@@H](C(c2ccccc2)c2ccccc2)OC[C@H]1c1ccccc1. The number of hydrogen-bond donors (Lipinski definition) is 1. The zero-order valence-corrected chi connectivity index (χ0v) is 26.2. The van der Waals surface area contributed by atoms with Crippen LogP contribution in [0.1, 0.15) is 70.1 Å². The summed E-state index contributed by atoms with van der Waals surface area (Å²) >= 11 is 0. The molecule has 6 rings (SSSR count). The maximum Gasteiger partial charge on any atom is 0.326 e. The molecule has 2 aliphatic rings. The number of esters is 1. The fourth-order valence-electron chi connectivity index (χ4n) is 6.48. The predicted molar refractivity (Wildman–Crippen MR) is 173 cm³/mol. The monoisotopic (exact) mass is 618 g/mol. The Morgan fingerprint density at radius 1 is 0.804 bits per heavy atom. The summed E-state index contributed by atoms with van der Waals surface area (Å²) in [6.45, 7) is 5.14. The number of amides is 2. The fourth-order valence-corrected chi connectivity index (χ4v) is 6.48. The molecule has 0 aliphatic carbocycles. The van der Waals surface area contributed by atoms with Crippen molar-refractivity contribution >= 4 is 17.8 Å². The van der Waals surface area contributed by atoms with Crippen molar-refractivity contribution in [2.24, 2.45) is 0 Å². The summed E-state index contributed by atoms with van der Waals surface area (Å²) in [6, 6.07) is 34.3. The molecule has 0 spiro atoms. The number of nitrogens with zero attached hydrogens (tertiary/aromatic N) is 2. The maximum atomic E-state index is 14.3. The van der Waals surface area contributed by atoms with E-state index in [1.807, 2.05) is 95.9 Å². The number of fused-ring (bicyclic) bond motifs is 1. The lowest BCUT2D eigenvalue weighted by atomic mass is 9.87. The van der Waals surface area contributed by atoms with Crippen LogP contribution >= 0.6 is 0 Å². The number of ether oxygens (including phenoxy) is 2. The second-order valence-electron chi connectivity index (χ2n) is 12.7. The molecule has 0 aromatic heterocycles. The van der Waals surface area contributed by atoms with E-state index in [1.54, 1.807) is 45.0 Å². The predicted octanol–water partition coefficient (Wildman–Crippen LogP) is 5.59. The van der Waals surface area contributed by atoms with Gasteiger partial charge in [-0.1, -0.05) is 103 Å². The van der Waals surface area contributed by atoms with Crippen LogP contribution in [-0.2, 0) is 14.3 Å². The van der Waals surface area contributed by atoms with Crippen molar-refractivity contribution in [3.8, 4) is 0 Å². The fraction of sp³-hybridized carbons (Fsp3) is 0.289. The van der Waals surface area contributed by atoms with Gasteiger partial charge in [0.05, 0.1) is 36.4 Å². The highest BCUT2D eigenvalue weighted by Crippen LogP contribution is 2.43. The van der Waals surface area contributed by atoms with E-state index in [-0.39, 0.29) is 23.7 Å². The van der Waals surface area contributed by atoms with E-state index in [0.29, 0.717) is 0 Å². The lowest BCUT2D eigenvalue weighted by Crippen LogP contribution is -2.58. The second kappa shape index (κ2) is 13.0. The highest BCUT2D eigenvalue weighted by Gasteiger charge is 2.51. The number of benzene rings is 4. The first-order chi connectivity index (χ1) is 22.1. The van der Waals surface area contributed by atoms with Crippen LogP contribution in [0.2, 0.25) is 0 Å². The summed E-state index contributed by atoms with van der Waals surface area (Å²) in [5.41, 5.74) is 2.50. The number of hydrogen-bond acceptors (Lipinski definition) is 7. The number of carbonyl (C=O) groups is 3. The Morgan fingerprint density at radius 3 is 1.78 bits per heavy atom. The van der Waals surface area contributed by atoms with Gasteiger partial charge in [-0.25, -0.2) is 0 Å². The molecular formula is C38H38N2O6. The summed E-state index contributed by atoms with van der Waals surface area (Å²) in [5.74, 6) is -2.05. The summed E-state index contributed by atoms with van der Waals surface area (Å²) in [4.78, 5) is 43.9. The van der Waals surface area contributed by atoms with E-state index in [4.69, 9.17) is 9.47 Å². The highest BCUT2D eigenvalue weighted by atomic mass is 16.6. The van der Waals surface area contributed by atoms with Crippen LogP contribution in [0.3, 0.4) is 0 Å². The van der Waals surface area contributed by atoms with Gasteiger partial charge in [0.1, 0.15) is 17.9 Å². The van der Waals surface area contributed by atoms with E-state index in [0.717, 1.165) is 21.6 Å². The lowest BCUT2D eigenvalue weighted by molar-refractivity contribution is -0.171. The molecule has 0 saturated carbocycles. The maximum absolute atomic E-state index is 14.3. The number of β-amino-alcohol motifs (C(OH)–C–C–N with tert-alkyl or cyclic N) is 1. The zero-order valence-electron chi connectivity index (χ0n) is 26.2. The third-order valence-electron chi connectivity index (χ3n) is 8.45. The number of imide groups is 1. The molecule has 236 valence electrons. The van der Waals surface area contributed by atoms with Crippen LogP contribution < -0.4 is 0 Å². The van der Waals surface area contributed by atoms with E-state index >= 15 is 0 Å². The van der Waals surface area contributed by atoms with Crippen molar-refractivity contribution in [2.75, 3.05) is 13.2 Å². The molecule has 1 saturated heterocycles. The Balaban J connectivity index is 1.46. The first kappa shape index (κ1) is 31.4. The number of carbonyl (C=O) groups excluding carboxylic acids is 3. The van der Waals surface area contributed by atoms with Crippen molar-refractivity contribution < 1.29 is 29.0 Å². The molecule has 0 radical (unpaired) electrons. The first-order valence-electron chi connectivity index (χ1n) is 15.5. The van der Waals surface area contributed by atoms with Crippen LogP contribution in [0, 0.1) is 0 Å². The minimum atomic E-state index is -1.50. The number of aliphatic hydroxyl groups is 1. The molecule has 2 heterocycles. The molecule has 4 aromatic rings. The van der Waals surface area contributed by atoms with Crippen molar-refractivity contribution in [2.45, 2.75) is 56.7 Å². The Kier molecular flexibility index (Phi) is 8.86. The Labute approximate surface area is 269 Å². The standard InChI is InChI=1S/C38H38N2O6/c1-38(2,3)46-37(44)33(31(41)23-39-34(42)28-21-13-14-22-29(28)35(39)43)40-30(25-15-7-4-8-16-25)24-45-36(40)32(26-17-9-5-10-18-26)27-19-11-6-12-20-27/h4-22,30-33,36,41H,23-24H2,1-3H3/t30-,31+,33+,36+/m0/s1. The molecule has 4 aromatic carbocycles. The van der Waals surface area contributed by atoms with Gasteiger partial charge in [-0.05, 0) is 49.6 Å². The normalized spacial score (nSPS) is 19.7. The molecule has 4 atom stereocenters. The molecule has 1 N–H and O–H groups in total. The first-order valence-corrected chi connectivity index (χ1v) is 15.5. The molecule has 2 amide bonds. The van der Waals surface area contributed by atoms with Crippen LogP contribution in [0.5, 0.6) is 0 Å². The van der Waals surface area contributed by atoms with Crippen molar-refractivity contribution in [3.05, 3.63) is 143 Å². The summed E-state index contributed by atoms with van der Waals surface area (Å²) < 4.78 is 12.6. The largest absolute Gasteiger partial charge is 0.459 e. The molecule has 0 unspecified atom stereocenters. The van der Waals surface area contributed by atoms with Gasteiger partial charge < -0.3 is 14.6 Å². The average molecular weight is 619 g/mol. The highest BCUT2D eigenvalue weighted by molar-refractivity contribution is 6.21. The molecule has 2 aliphatic heterocycles. The molecular weight excluding hydrogens is 580 g/mol. The van der Waals surface area contributed by atoms with E-state index in [1.165, 1.54) is 0 Å². The Hall–Kier alpha value is -4.63. The van der Waals surface area contributed by atoms with Gasteiger partial charge in [0.2, 0.25) is 0 Å². The average Bonchev–Trinajstić information content (AvgIpc) is 3.57. The minimum absolute atomic E-state index is 0.240. The van der Waals surface area contributed by atoms with E-state index in [2.05, 4.69) is 0 Å².